The first-order valence-electron chi connectivity index (χ1n) is 6.50. The predicted molar refractivity (Wildman–Crippen MR) is 62.9 cm³/mol. The van der Waals surface area contributed by atoms with E-state index in [0.717, 1.165) is 25.3 Å². The summed E-state index contributed by atoms with van der Waals surface area (Å²) in [6.45, 7) is 7.91. The van der Waals surface area contributed by atoms with Crippen molar-refractivity contribution in [2.24, 2.45) is 0 Å². The lowest BCUT2D eigenvalue weighted by Gasteiger charge is -2.21. The van der Waals surface area contributed by atoms with Gasteiger partial charge in [-0.05, 0) is 0 Å². The van der Waals surface area contributed by atoms with Gasteiger partial charge in [-0.3, -0.25) is 4.90 Å². The Kier molecular flexibility index (Phi) is 3.09. The molecular formula is C12H19N3O3. The summed E-state index contributed by atoms with van der Waals surface area (Å²) in [7, 11) is 0. The fourth-order valence-electron chi connectivity index (χ4n) is 2.45. The Labute approximate surface area is 106 Å². The van der Waals surface area contributed by atoms with Gasteiger partial charge in [0, 0.05) is 18.9 Å². The van der Waals surface area contributed by atoms with Crippen molar-refractivity contribution in [3.63, 3.8) is 0 Å². The van der Waals surface area contributed by atoms with Crippen LogP contribution in [0.3, 0.4) is 0 Å². The van der Waals surface area contributed by atoms with Crippen LogP contribution in [0.5, 0.6) is 0 Å². The van der Waals surface area contributed by atoms with E-state index in [9.17, 15) is 0 Å². The van der Waals surface area contributed by atoms with Crippen LogP contribution in [-0.4, -0.2) is 47.1 Å². The lowest BCUT2D eigenvalue weighted by molar-refractivity contribution is -0.145. The molecule has 2 aliphatic heterocycles. The molecule has 3 heterocycles. The molecule has 0 saturated carbocycles. The van der Waals surface area contributed by atoms with E-state index in [1.54, 1.807) is 0 Å². The summed E-state index contributed by atoms with van der Waals surface area (Å²) >= 11 is 0. The topological polar surface area (TPSA) is 60.6 Å². The second kappa shape index (κ2) is 4.60. The lowest BCUT2D eigenvalue weighted by atomic mass is 10.2. The zero-order valence-electron chi connectivity index (χ0n) is 10.9. The summed E-state index contributed by atoms with van der Waals surface area (Å²) in [5.74, 6) is 1.37. The molecule has 2 fully saturated rings. The maximum absolute atomic E-state index is 5.68. The van der Waals surface area contributed by atoms with Gasteiger partial charge in [0.05, 0.1) is 26.3 Å². The Morgan fingerprint density at radius 3 is 2.78 bits per heavy atom. The Hall–Kier alpha value is -0.980. The molecular weight excluding hydrogens is 234 g/mol. The van der Waals surface area contributed by atoms with Crippen molar-refractivity contribution in [3.05, 3.63) is 11.7 Å². The third kappa shape index (κ3) is 2.28. The third-order valence-electron chi connectivity index (χ3n) is 3.45. The molecule has 0 aliphatic carbocycles. The van der Waals surface area contributed by atoms with E-state index < -0.39 is 0 Å². The van der Waals surface area contributed by atoms with Gasteiger partial charge < -0.3 is 14.0 Å². The minimum atomic E-state index is -0.374. The van der Waals surface area contributed by atoms with Crippen LogP contribution >= 0.6 is 0 Å². The van der Waals surface area contributed by atoms with Gasteiger partial charge in [0.25, 0.3) is 0 Å². The fraction of sp³-hybridized carbons (Fsp3) is 0.833. The molecule has 6 nitrogen and oxygen atoms in total. The van der Waals surface area contributed by atoms with E-state index in [0.29, 0.717) is 31.6 Å². The maximum atomic E-state index is 5.68. The molecule has 0 atom stereocenters. The number of aromatic nitrogens is 2. The molecule has 6 heteroatoms. The van der Waals surface area contributed by atoms with Crippen LogP contribution in [0.1, 0.15) is 37.9 Å². The molecule has 1 spiro atoms. The van der Waals surface area contributed by atoms with Crippen molar-refractivity contribution in [1.82, 2.24) is 15.0 Å². The van der Waals surface area contributed by atoms with Crippen LogP contribution in [0.4, 0.5) is 0 Å². The summed E-state index contributed by atoms with van der Waals surface area (Å²) in [5, 5.41) is 3.97. The van der Waals surface area contributed by atoms with Crippen molar-refractivity contribution in [3.8, 4) is 0 Å². The molecule has 3 rings (SSSR count). The van der Waals surface area contributed by atoms with Gasteiger partial charge in [-0.1, -0.05) is 19.0 Å². The Balaban J connectivity index is 1.60. The monoisotopic (exact) mass is 253 g/mol. The maximum Gasteiger partial charge on any atom is 0.240 e. The smallest absolute Gasteiger partial charge is 0.240 e. The molecule has 0 unspecified atom stereocenters. The average molecular weight is 253 g/mol. The summed E-state index contributed by atoms with van der Waals surface area (Å²) < 4.78 is 16.6. The van der Waals surface area contributed by atoms with Gasteiger partial charge in [-0.2, -0.15) is 4.98 Å². The molecule has 0 bridgehead atoms. The van der Waals surface area contributed by atoms with Crippen molar-refractivity contribution in [1.29, 1.82) is 0 Å². The van der Waals surface area contributed by atoms with Crippen LogP contribution in [0.25, 0.3) is 0 Å². The second-order valence-corrected chi connectivity index (χ2v) is 5.27. The van der Waals surface area contributed by atoms with Crippen molar-refractivity contribution >= 4 is 0 Å². The second-order valence-electron chi connectivity index (χ2n) is 5.27. The van der Waals surface area contributed by atoms with Crippen molar-refractivity contribution in [2.45, 2.75) is 38.5 Å². The molecule has 0 aromatic carbocycles. The average Bonchev–Trinajstić information content (AvgIpc) is 3.03. The molecule has 0 amide bonds. The largest absolute Gasteiger partial charge is 0.346 e. The van der Waals surface area contributed by atoms with Crippen molar-refractivity contribution < 1.29 is 14.0 Å². The molecule has 2 aliphatic rings. The molecule has 2 saturated heterocycles. The van der Waals surface area contributed by atoms with Gasteiger partial charge in [-0.25, -0.2) is 0 Å². The Morgan fingerprint density at radius 1 is 1.33 bits per heavy atom. The summed E-state index contributed by atoms with van der Waals surface area (Å²) in [4.78, 5) is 6.63. The van der Waals surface area contributed by atoms with Gasteiger partial charge in [0.15, 0.2) is 11.6 Å². The first-order valence-corrected chi connectivity index (χ1v) is 6.50. The minimum Gasteiger partial charge on any atom is -0.346 e. The standard InChI is InChI=1S/C12H19N3O3/c1-9(2)11-13-10(18-14-11)7-15-4-3-12(8-15)16-5-6-17-12/h9H,3-8H2,1-2H3. The van der Waals surface area contributed by atoms with Crippen LogP contribution in [0.2, 0.25) is 0 Å². The van der Waals surface area contributed by atoms with E-state index in [-0.39, 0.29) is 5.79 Å². The number of rotatable bonds is 3. The molecule has 0 radical (unpaired) electrons. The molecule has 1 aromatic rings. The van der Waals surface area contributed by atoms with E-state index in [1.807, 2.05) is 0 Å². The number of hydrogen-bond donors (Lipinski definition) is 0. The van der Waals surface area contributed by atoms with Crippen LogP contribution in [0, 0.1) is 0 Å². The molecule has 100 valence electrons. The highest BCUT2D eigenvalue weighted by Crippen LogP contribution is 2.31. The normalized spacial score (nSPS) is 23.5. The van der Waals surface area contributed by atoms with Gasteiger partial charge in [0.2, 0.25) is 5.89 Å². The quantitative estimate of drug-likeness (QED) is 0.805. The highest BCUT2D eigenvalue weighted by Gasteiger charge is 2.43. The molecule has 18 heavy (non-hydrogen) atoms. The van der Waals surface area contributed by atoms with E-state index in [4.69, 9.17) is 14.0 Å². The Morgan fingerprint density at radius 2 is 2.11 bits per heavy atom. The van der Waals surface area contributed by atoms with Gasteiger partial charge in [-0.15, -0.1) is 0 Å². The lowest BCUT2D eigenvalue weighted by Crippen LogP contribution is -2.34. The van der Waals surface area contributed by atoms with E-state index in [2.05, 4.69) is 28.9 Å². The Bertz CT molecular complexity index is 412. The number of ether oxygens (including phenoxy) is 2. The first kappa shape index (κ1) is 12.1. The highest BCUT2D eigenvalue weighted by atomic mass is 16.7. The molecule has 1 aromatic heterocycles. The number of nitrogens with zero attached hydrogens (tertiary/aromatic N) is 3. The summed E-state index contributed by atoms with van der Waals surface area (Å²) in [6, 6.07) is 0. The third-order valence-corrected chi connectivity index (χ3v) is 3.45. The summed E-state index contributed by atoms with van der Waals surface area (Å²) in [6.07, 6.45) is 0.915. The SMILES string of the molecule is CC(C)c1noc(CN2CCC3(C2)OCCO3)n1. The van der Waals surface area contributed by atoms with Crippen LogP contribution in [-0.2, 0) is 16.0 Å². The minimum absolute atomic E-state index is 0.300. The fourth-order valence-corrected chi connectivity index (χ4v) is 2.45. The number of hydrogen-bond acceptors (Lipinski definition) is 6. The predicted octanol–water partition coefficient (Wildman–Crippen LogP) is 1.14. The van der Waals surface area contributed by atoms with Gasteiger partial charge >= 0.3 is 0 Å². The first-order chi connectivity index (χ1) is 8.67. The zero-order chi connectivity index (χ0) is 12.6. The molecule has 0 N–H and O–H groups in total. The van der Waals surface area contributed by atoms with E-state index in [1.165, 1.54) is 0 Å². The summed E-state index contributed by atoms with van der Waals surface area (Å²) in [5.41, 5.74) is 0. The zero-order valence-corrected chi connectivity index (χ0v) is 10.9. The van der Waals surface area contributed by atoms with Crippen LogP contribution in [0.15, 0.2) is 4.52 Å². The van der Waals surface area contributed by atoms with Gasteiger partial charge in [0.1, 0.15) is 0 Å². The van der Waals surface area contributed by atoms with Crippen LogP contribution < -0.4 is 0 Å². The van der Waals surface area contributed by atoms with E-state index >= 15 is 0 Å². The number of likely N-dealkylation sites (tertiary alicyclic amines) is 1. The van der Waals surface area contributed by atoms with Crippen molar-refractivity contribution in [2.75, 3.05) is 26.3 Å². The highest BCUT2D eigenvalue weighted by molar-refractivity contribution is 4.94.